The van der Waals surface area contributed by atoms with Crippen molar-refractivity contribution in [2.75, 3.05) is 19.0 Å². The molecule has 0 aromatic heterocycles. The number of aryl methyl sites for hydroxylation is 1. The van der Waals surface area contributed by atoms with Crippen molar-refractivity contribution in [2.24, 2.45) is 0 Å². The van der Waals surface area contributed by atoms with Crippen LogP contribution in [0.4, 0.5) is 5.69 Å². The molecule has 2 rings (SSSR count). The molecule has 0 spiro atoms. The van der Waals surface area contributed by atoms with Gasteiger partial charge in [-0.2, -0.15) is 0 Å². The largest absolute Gasteiger partial charge is 0.483 e. The van der Waals surface area contributed by atoms with Gasteiger partial charge in [0.2, 0.25) is 0 Å². The van der Waals surface area contributed by atoms with Crippen molar-refractivity contribution >= 4 is 17.6 Å². The third-order valence-corrected chi connectivity index (χ3v) is 3.89. The molecule has 1 N–H and O–H groups in total. The molecule has 0 bridgehead atoms. The summed E-state index contributed by atoms with van der Waals surface area (Å²) in [6, 6.07) is 12.4. The first-order valence-electron chi connectivity index (χ1n) is 8.43. The monoisotopic (exact) mass is 355 g/mol. The molecule has 138 valence electrons. The van der Waals surface area contributed by atoms with Crippen LogP contribution in [0.15, 0.2) is 42.5 Å². The van der Waals surface area contributed by atoms with Crippen molar-refractivity contribution in [3.05, 3.63) is 59.2 Å². The number of hydrogen-bond acceptors (Lipinski definition) is 4. The Morgan fingerprint density at radius 1 is 1.04 bits per heavy atom. The van der Waals surface area contributed by atoms with Crippen LogP contribution in [0.1, 0.15) is 42.3 Å². The van der Waals surface area contributed by atoms with Crippen molar-refractivity contribution in [1.29, 1.82) is 0 Å². The smallest absolute Gasteiger partial charge is 0.337 e. The number of carbonyl (C=O) groups excluding carboxylic acids is 2. The summed E-state index contributed by atoms with van der Waals surface area (Å²) in [7, 11) is 1.33. The van der Waals surface area contributed by atoms with Gasteiger partial charge in [0.1, 0.15) is 5.75 Å². The summed E-state index contributed by atoms with van der Waals surface area (Å²) in [6.07, 6.45) is 0. The van der Waals surface area contributed by atoms with Crippen LogP contribution in [0.3, 0.4) is 0 Å². The average molecular weight is 355 g/mol. The second-order valence-corrected chi connectivity index (χ2v) is 7.16. The van der Waals surface area contributed by atoms with Gasteiger partial charge in [0, 0.05) is 5.69 Å². The van der Waals surface area contributed by atoms with Gasteiger partial charge in [0.15, 0.2) is 6.61 Å². The number of amides is 1. The van der Waals surface area contributed by atoms with Gasteiger partial charge in [-0.1, -0.05) is 38.5 Å². The van der Waals surface area contributed by atoms with Gasteiger partial charge < -0.3 is 14.8 Å². The second kappa shape index (κ2) is 8.04. The van der Waals surface area contributed by atoms with Gasteiger partial charge in [0.05, 0.1) is 12.7 Å². The first kappa shape index (κ1) is 19.5. The molecular weight excluding hydrogens is 330 g/mol. The molecule has 1 amide bonds. The van der Waals surface area contributed by atoms with E-state index in [9.17, 15) is 9.59 Å². The molecule has 0 radical (unpaired) electrons. The Kier molecular flexibility index (Phi) is 6.03. The number of benzene rings is 2. The fourth-order valence-electron chi connectivity index (χ4n) is 2.50. The number of esters is 1. The maximum absolute atomic E-state index is 12.2. The van der Waals surface area contributed by atoms with Crippen molar-refractivity contribution in [1.82, 2.24) is 0 Å². The molecule has 2 aromatic carbocycles. The first-order chi connectivity index (χ1) is 12.2. The number of hydrogen-bond donors (Lipinski definition) is 1. The molecule has 0 aliphatic heterocycles. The van der Waals surface area contributed by atoms with Crippen LogP contribution in [0.25, 0.3) is 0 Å². The zero-order valence-corrected chi connectivity index (χ0v) is 15.9. The van der Waals surface area contributed by atoms with Gasteiger partial charge in [0.25, 0.3) is 5.91 Å². The highest BCUT2D eigenvalue weighted by Gasteiger charge is 2.19. The minimum absolute atomic E-state index is 0.0818. The van der Waals surface area contributed by atoms with Crippen LogP contribution < -0.4 is 10.1 Å². The van der Waals surface area contributed by atoms with E-state index in [1.54, 1.807) is 24.3 Å². The predicted molar refractivity (Wildman–Crippen MR) is 102 cm³/mol. The summed E-state index contributed by atoms with van der Waals surface area (Å²) in [5.41, 5.74) is 3.15. The number of methoxy groups -OCH3 is 1. The summed E-state index contributed by atoms with van der Waals surface area (Å²) in [5.74, 6) is 0.0239. The Hall–Kier alpha value is -2.82. The lowest BCUT2D eigenvalue weighted by Gasteiger charge is -2.23. The summed E-state index contributed by atoms with van der Waals surface area (Å²) in [5, 5.41) is 2.75. The summed E-state index contributed by atoms with van der Waals surface area (Å²) in [4.78, 5) is 23.6. The lowest BCUT2D eigenvalue weighted by atomic mass is 9.85. The third-order valence-electron chi connectivity index (χ3n) is 3.89. The second-order valence-electron chi connectivity index (χ2n) is 7.16. The van der Waals surface area contributed by atoms with Crippen LogP contribution >= 0.6 is 0 Å². The number of rotatable bonds is 5. The molecule has 2 aromatic rings. The number of anilines is 1. The zero-order chi connectivity index (χ0) is 19.3. The molecule has 0 atom stereocenters. The molecule has 0 aliphatic rings. The first-order valence-corrected chi connectivity index (χ1v) is 8.43. The van der Waals surface area contributed by atoms with E-state index in [4.69, 9.17) is 4.74 Å². The van der Waals surface area contributed by atoms with Crippen molar-refractivity contribution in [2.45, 2.75) is 33.1 Å². The summed E-state index contributed by atoms with van der Waals surface area (Å²) < 4.78 is 10.4. The van der Waals surface area contributed by atoms with E-state index in [-0.39, 0.29) is 17.9 Å². The number of carbonyl (C=O) groups is 2. The fourth-order valence-corrected chi connectivity index (χ4v) is 2.50. The lowest BCUT2D eigenvalue weighted by Crippen LogP contribution is -2.22. The van der Waals surface area contributed by atoms with Gasteiger partial charge in [-0.25, -0.2) is 4.79 Å². The molecule has 0 fully saturated rings. The Morgan fingerprint density at radius 2 is 1.69 bits per heavy atom. The molecule has 26 heavy (non-hydrogen) atoms. The van der Waals surface area contributed by atoms with Crippen LogP contribution in [0, 0.1) is 6.92 Å². The van der Waals surface area contributed by atoms with E-state index in [0.717, 1.165) is 11.1 Å². The Morgan fingerprint density at radius 3 is 2.27 bits per heavy atom. The lowest BCUT2D eigenvalue weighted by molar-refractivity contribution is -0.118. The topological polar surface area (TPSA) is 64.6 Å². The van der Waals surface area contributed by atoms with E-state index in [1.807, 2.05) is 19.1 Å². The molecule has 0 saturated heterocycles. The van der Waals surface area contributed by atoms with Gasteiger partial charge in [-0.3, -0.25) is 4.79 Å². The Bertz CT molecular complexity index is 789. The predicted octanol–water partition coefficient (Wildman–Crippen LogP) is 4.10. The SMILES string of the molecule is COC(=O)c1ccc(NC(=O)COc2ccc(C)cc2C(C)(C)C)cc1. The number of ether oxygens (including phenoxy) is 2. The van der Waals surface area contributed by atoms with E-state index >= 15 is 0 Å². The average Bonchev–Trinajstić information content (AvgIpc) is 2.60. The Labute approximate surface area is 154 Å². The zero-order valence-electron chi connectivity index (χ0n) is 15.9. The van der Waals surface area contributed by atoms with Crippen LogP contribution in [0.5, 0.6) is 5.75 Å². The van der Waals surface area contributed by atoms with E-state index in [2.05, 4.69) is 36.9 Å². The molecule has 0 aliphatic carbocycles. The van der Waals surface area contributed by atoms with Crippen LogP contribution in [-0.4, -0.2) is 25.6 Å². The van der Waals surface area contributed by atoms with Crippen LogP contribution in [-0.2, 0) is 14.9 Å². The minimum atomic E-state index is -0.416. The third kappa shape index (κ3) is 5.09. The summed E-state index contributed by atoms with van der Waals surface area (Å²) >= 11 is 0. The van der Waals surface area contributed by atoms with Crippen molar-refractivity contribution in [3.8, 4) is 5.75 Å². The molecule has 5 nitrogen and oxygen atoms in total. The fraction of sp³-hybridized carbons (Fsp3) is 0.333. The summed E-state index contributed by atoms with van der Waals surface area (Å²) in [6.45, 7) is 8.27. The van der Waals surface area contributed by atoms with Gasteiger partial charge >= 0.3 is 5.97 Å². The standard InChI is InChI=1S/C21H25NO4/c1-14-6-11-18(17(12-14)21(2,3)4)26-13-19(23)22-16-9-7-15(8-10-16)20(24)25-5/h6-12H,13H2,1-5H3,(H,22,23). The molecule has 0 heterocycles. The molecular formula is C21H25NO4. The van der Waals surface area contributed by atoms with E-state index in [1.165, 1.54) is 7.11 Å². The van der Waals surface area contributed by atoms with Crippen molar-refractivity contribution in [3.63, 3.8) is 0 Å². The van der Waals surface area contributed by atoms with Crippen LogP contribution in [0.2, 0.25) is 0 Å². The van der Waals surface area contributed by atoms with Crippen molar-refractivity contribution < 1.29 is 19.1 Å². The molecule has 5 heteroatoms. The highest BCUT2D eigenvalue weighted by molar-refractivity contribution is 5.93. The van der Waals surface area contributed by atoms with E-state index < -0.39 is 5.97 Å². The van der Waals surface area contributed by atoms with Gasteiger partial charge in [-0.15, -0.1) is 0 Å². The maximum atomic E-state index is 12.2. The quantitative estimate of drug-likeness (QED) is 0.820. The number of nitrogens with one attached hydrogen (secondary N) is 1. The molecule has 0 saturated carbocycles. The molecule has 0 unspecified atom stereocenters. The highest BCUT2D eigenvalue weighted by Crippen LogP contribution is 2.32. The highest BCUT2D eigenvalue weighted by atomic mass is 16.5. The minimum Gasteiger partial charge on any atom is -0.483 e. The maximum Gasteiger partial charge on any atom is 0.337 e. The van der Waals surface area contributed by atoms with Gasteiger partial charge in [-0.05, 0) is 48.2 Å². The normalized spacial score (nSPS) is 11.0. The van der Waals surface area contributed by atoms with E-state index in [0.29, 0.717) is 17.0 Å². The Balaban J connectivity index is 2.00.